The van der Waals surface area contributed by atoms with Crippen LogP contribution in [-0.4, -0.2) is 51.6 Å². The number of ether oxygens (including phenoxy) is 1. The van der Waals surface area contributed by atoms with Gasteiger partial charge in [-0.1, -0.05) is 81.4 Å². The Morgan fingerprint density at radius 3 is 1.79 bits per heavy atom. The minimum absolute atomic E-state index is 0.00140. The van der Waals surface area contributed by atoms with Crippen LogP contribution in [0.5, 0.6) is 0 Å². The molecule has 0 aliphatic rings. The lowest BCUT2D eigenvalue weighted by Crippen LogP contribution is -2.67. The molecule has 0 heterocycles. The van der Waals surface area contributed by atoms with Gasteiger partial charge in [-0.25, -0.2) is 0 Å². The Morgan fingerprint density at radius 2 is 1.36 bits per heavy atom. The van der Waals surface area contributed by atoms with Crippen LogP contribution in [0.2, 0.25) is 5.04 Å². The van der Waals surface area contributed by atoms with E-state index < -0.39 is 8.32 Å². The maximum atomic E-state index is 9.47. The third-order valence-electron chi connectivity index (χ3n) is 5.08. The second-order valence-corrected chi connectivity index (χ2v) is 12.5. The highest BCUT2D eigenvalue weighted by Gasteiger charge is 2.50. The van der Waals surface area contributed by atoms with E-state index in [1.807, 2.05) is 12.1 Å². The average molecular weight is 403 g/mol. The predicted molar refractivity (Wildman–Crippen MR) is 117 cm³/mol. The van der Waals surface area contributed by atoms with Gasteiger partial charge in [0, 0.05) is 19.1 Å². The Morgan fingerprint density at radius 1 is 0.821 bits per heavy atom. The fraction of sp³-hybridized carbons (Fsp3) is 0.478. The third kappa shape index (κ3) is 5.52. The quantitative estimate of drug-likeness (QED) is 0.448. The summed E-state index contributed by atoms with van der Waals surface area (Å²) in [7, 11) is -2.58. The van der Waals surface area contributed by atoms with Crippen LogP contribution in [0.3, 0.4) is 0 Å². The van der Waals surface area contributed by atoms with Gasteiger partial charge in [0.1, 0.15) is 0 Å². The monoisotopic (exact) mass is 402 g/mol. The molecule has 0 bridgehead atoms. The number of hydrogen-bond acceptors (Lipinski definition) is 4. The summed E-state index contributed by atoms with van der Waals surface area (Å²) in [5.41, 5.74) is 0. The first kappa shape index (κ1) is 22.8. The van der Waals surface area contributed by atoms with Crippen LogP contribution in [0.15, 0.2) is 60.7 Å². The van der Waals surface area contributed by atoms with Gasteiger partial charge in [0.25, 0.3) is 8.32 Å². The van der Waals surface area contributed by atoms with E-state index in [-0.39, 0.29) is 24.2 Å². The summed E-state index contributed by atoms with van der Waals surface area (Å²) in [4.78, 5) is 0. The number of hydrogen-bond donors (Lipinski definition) is 2. The molecule has 2 aromatic rings. The van der Waals surface area contributed by atoms with Crippen LogP contribution < -0.4 is 10.4 Å². The van der Waals surface area contributed by atoms with Crippen LogP contribution in [0.25, 0.3) is 0 Å². The number of aliphatic hydroxyl groups is 2. The summed E-state index contributed by atoms with van der Waals surface area (Å²) < 4.78 is 12.4. The van der Waals surface area contributed by atoms with Gasteiger partial charge in [-0.2, -0.15) is 0 Å². The van der Waals surface area contributed by atoms with Crippen molar-refractivity contribution in [2.75, 3.05) is 33.0 Å². The van der Waals surface area contributed by atoms with Crippen molar-refractivity contribution >= 4 is 18.7 Å². The molecule has 0 aliphatic heterocycles. The van der Waals surface area contributed by atoms with Gasteiger partial charge < -0.3 is 19.4 Å². The molecule has 5 heteroatoms. The van der Waals surface area contributed by atoms with Crippen molar-refractivity contribution in [1.82, 2.24) is 0 Å². The molecule has 0 spiro atoms. The van der Waals surface area contributed by atoms with Crippen molar-refractivity contribution in [1.29, 1.82) is 0 Å². The molecule has 0 saturated heterocycles. The van der Waals surface area contributed by atoms with E-state index >= 15 is 0 Å². The normalized spacial score (nSPS) is 13.5. The van der Waals surface area contributed by atoms with Crippen molar-refractivity contribution < 1.29 is 19.4 Å². The molecule has 0 saturated carbocycles. The zero-order valence-electron chi connectivity index (χ0n) is 17.3. The van der Waals surface area contributed by atoms with Gasteiger partial charge in [-0.15, -0.1) is 0 Å². The molecular weight excluding hydrogens is 368 g/mol. The zero-order valence-corrected chi connectivity index (χ0v) is 18.3. The fourth-order valence-electron chi connectivity index (χ4n) is 3.72. The van der Waals surface area contributed by atoms with Crippen LogP contribution in [0.1, 0.15) is 27.2 Å². The first-order valence-electron chi connectivity index (χ1n) is 10.00. The molecule has 0 aromatic heterocycles. The standard InChI is InChI=1S/C23H34O4Si/c1-23(2,3)28(21-10-6-4-7-11-21,22-12-8-5-9-13-22)27-19-20(14-15-24)18-26-17-16-25/h4-13,20,24-25H,14-19H2,1-3H3. The van der Waals surface area contributed by atoms with Crippen molar-refractivity contribution in [2.24, 2.45) is 5.92 Å². The van der Waals surface area contributed by atoms with Gasteiger partial charge in [0.2, 0.25) is 0 Å². The van der Waals surface area contributed by atoms with Crippen molar-refractivity contribution in [3.05, 3.63) is 60.7 Å². The molecule has 2 N–H and O–H groups in total. The predicted octanol–water partition coefficient (Wildman–Crippen LogP) is 2.57. The Hall–Kier alpha value is -1.50. The summed E-state index contributed by atoms with van der Waals surface area (Å²) in [5.74, 6) is 0.0817. The lowest BCUT2D eigenvalue weighted by Gasteiger charge is -2.43. The van der Waals surface area contributed by atoms with Crippen molar-refractivity contribution in [3.8, 4) is 0 Å². The van der Waals surface area contributed by atoms with Crippen molar-refractivity contribution in [3.63, 3.8) is 0 Å². The van der Waals surface area contributed by atoms with E-state index in [0.29, 0.717) is 26.2 Å². The lowest BCUT2D eigenvalue weighted by molar-refractivity contribution is 0.0441. The summed E-state index contributed by atoms with van der Waals surface area (Å²) in [6.07, 6.45) is 0.615. The summed E-state index contributed by atoms with van der Waals surface area (Å²) >= 11 is 0. The van der Waals surface area contributed by atoms with Gasteiger partial charge in [-0.3, -0.25) is 0 Å². The highest BCUT2D eigenvalue weighted by atomic mass is 28.4. The molecule has 28 heavy (non-hydrogen) atoms. The molecule has 2 rings (SSSR count). The van der Waals surface area contributed by atoms with Gasteiger partial charge in [-0.05, 0) is 21.8 Å². The second-order valence-electron chi connectivity index (χ2n) is 8.15. The Bertz CT molecular complexity index is 631. The zero-order chi connectivity index (χ0) is 20.5. The first-order valence-corrected chi connectivity index (χ1v) is 11.9. The summed E-state index contributed by atoms with van der Waals surface area (Å²) in [6.45, 7) is 8.14. The molecule has 0 aliphatic carbocycles. The topological polar surface area (TPSA) is 58.9 Å². The number of aliphatic hydroxyl groups excluding tert-OH is 2. The van der Waals surface area contributed by atoms with Crippen LogP contribution >= 0.6 is 0 Å². The smallest absolute Gasteiger partial charge is 0.261 e. The van der Waals surface area contributed by atoms with Gasteiger partial charge >= 0.3 is 0 Å². The Balaban J connectivity index is 2.40. The number of rotatable bonds is 11. The molecule has 0 radical (unpaired) electrons. The first-order chi connectivity index (χ1) is 13.5. The van der Waals surface area contributed by atoms with E-state index in [4.69, 9.17) is 14.3 Å². The highest BCUT2D eigenvalue weighted by molar-refractivity contribution is 6.99. The molecule has 154 valence electrons. The maximum absolute atomic E-state index is 9.47. The van der Waals surface area contributed by atoms with E-state index in [9.17, 15) is 5.11 Å². The second kappa shape index (κ2) is 10.9. The van der Waals surface area contributed by atoms with Crippen LogP contribution in [0.4, 0.5) is 0 Å². The number of benzene rings is 2. The van der Waals surface area contributed by atoms with Crippen LogP contribution in [0, 0.1) is 5.92 Å². The van der Waals surface area contributed by atoms with E-state index in [1.165, 1.54) is 10.4 Å². The molecule has 0 fully saturated rings. The molecular formula is C23H34O4Si. The van der Waals surface area contributed by atoms with Crippen molar-refractivity contribution in [2.45, 2.75) is 32.2 Å². The molecule has 1 atom stereocenters. The molecule has 2 aromatic carbocycles. The van der Waals surface area contributed by atoms with E-state index in [2.05, 4.69) is 69.3 Å². The largest absolute Gasteiger partial charge is 0.407 e. The van der Waals surface area contributed by atoms with Gasteiger partial charge in [0.05, 0.1) is 19.8 Å². The average Bonchev–Trinajstić information content (AvgIpc) is 2.69. The van der Waals surface area contributed by atoms with Crippen LogP contribution in [-0.2, 0) is 9.16 Å². The SMILES string of the molecule is CC(C)(C)[Si](OCC(CCO)COCCO)(c1ccccc1)c1ccccc1. The molecule has 1 unspecified atom stereocenters. The summed E-state index contributed by atoms with van der Waals surface area (Å²) in [6, 6.07) is 21.1. The minimum atomic E-state index is -2.58. The van der Waals surface area contributed by atoms with E-state index in [0.717, 1.165) is 0 Å². The lowest BCUT2D eigenvalue weighted by atomic mass is 10.1. The highest BCUT2D eigenvalue weighted by Crippen LogP contribution is 2.37. The maximum Gasteiger partial charge on any atom is 0.261 e. The van der Waals surface area contributed by atoms with Gasteiger partial charge in [0.15, 0.2) is 0 Å². The fourth-order valence-corrected chi connectivity index (χ4v) is 8.36. The van der Waals surface area contributed by atoms with E-state index in [1.54, 1.807) is 0 Å². The third-order valence-corrected chi connectivity index (χ3v) is 10.1. The summed E-state index contributed by atoms with van der Waals surface area (Å²) in [5, 5.41) is 20.8. The molecule has 4 nitrogen and oxygen atoms in total. The molecule has 0 amide bonds. The Labute approximate surface area is 170 Å². The Kier molecular flexibility index (Phi) is 8.85. The minimum Gasteiger partial charge on any atom is -0.407 e.